The number of nitrogens with zero attached hydrogens (tertiary/aromatic N) is 3. The third-order valence-electron chi connectivity index (χ3n) is 24.5. The molecular formula is C78H90BN3. The van der Waals surface area contributed by atoms with Gasteiger partial charge in [0.05, 0.1) is 5.54 Å². The van der Waals surface area contributed by atoms with Crippen LogP contribution in [0.3, 0.4) is 0 Å². The third kappa shape index (κ3) is 6.85. The Labute approximate surface area is 493 Å². The van der Waals surface area contributed by atoms with Gasteiger partial charge in [-0.05, 0) is 229 Å². The van der Waals surface area contributed by atoms with Crippen LogP contribution in [-0.2, 0) is 43.3 Å². The molecule has 4 heteroatoms. The van der Waals surface area contributed by atoms with Crippen molar-refractivity contribution < 1.29 is 0 Å². The normalized spacial score (nSPS) is 25.1. The summed E-state index contributed by atoms with van der Waals surface area (Å²) in [6.07, 6.45) is 11.9. The van der Waals surface area contributed by atoms with E-state index >= 15 is 0 Å². The molecule has 7 aromatic rings. The van der Waals surface area contributed by atoms with Crippen LogP contribution in [0, 0.1) is 6.92 Å². The van der Waals surface area contributed by atoms with Crippen LogP contribution in [0.4, 0.5) is 45.5 Å². The van der Waals surface area contributed by atoms with Crippen molar-refractivity contribution in [2.45, 2.75) is 231 Å². The summed E-state index contributed by atoms with van der Waals surface area (Å²) >= 11 is 0. The maximum Gasteiger partial charge on any atom is 0.252 e. The van der Waals surface area contributed by atoms with E-state index in [1.807, 2.05) is 0 Å². The Bertz CT molecular complexity index is 3950. The Morgan fingerprint density at radius 3 is 1.48 bits per heavy atom. The van der Waals surface area contributed by atoms with Crippen LogP contribution in [0.15, 0.2) is 115 Å². The fourth-order valence-corrected chi connectivity index (χ4v) is 18.7. The molecule has 0 aromatic heterocycles. The monoisotopic (exact) mass is 1080 g/mol. The van der Waals surface area contributed by atoms with E-state index in [0.717, 1.165) is 6.42 Å². The summed E-state index contributed by atoms with van der Waals surface area (Å²) in [5, 5.41) is 0. The smallest absolute Gasteiger partial charge is 0.252 e. The molecule has 2 atom stereocenters. The minimum atomic E-state index is -0.180. The van der Waals surface area contributed by atoms with Crippen molar-refractivity contribution >= 4 is 68.6 Å². The number of rotatable bonds is 3. The molecule has 82 heavy (non-hydrogen) atoms. The molecule has 2 unspecified atom stereocenters. The van der Waals surface area contributed by atoms with Crippen LogP contribution in [-0.4, -0.2) is 12.3 Å². The van der Waals surface area contributed by atoms with E-state index in [1.54, 1.807) is 0 Å². The maximum absolute atomic E-state index is 2.87. The lowest BCUT2D eigenvalue weighted by Crippen LogP contribution is -2.62. The Hall–Kier alpha value is -6.00. The third-order valence-corrected chi connectivity index (χ3v) is 24.5. The predicted octanol–water partition coefficient (Wildman–Crippen LogP) is 19.2. The predicted molar refractivity (Wildman–Crippen MR) is 351 cm³/mol. The molecule has 0 N–H and O–H groups in total. The SMILES string of the molecule is Cc1cc2c(cc1N1c3cc4c(cc3B3c5cc6c(cc5N(c5ccc7c(c5)C(C)(C)CCC7(C)C)c5cc(N7c8ccccc8C8(C)CCCCC78C)cc1c53)C(C)(C)CCC6(C)C)-c1ccccc1C4(C)C)C(C)(C)CCC2(C)C. The number of para-hydroxylation sites is 1. The molecule has 7 aromatic carbocycles. The first-order chi connectivity index (χ1) is 38.5. The number of aryl methyl sites for hydroxylation is 1. The van der Waals surface area contributed by atoms with Gasteiger partial charge in [0, 0.05) is 56.3 Å². The van der Waals surface area contributed by atoms with Gasteiger partial charge in [0.15, 0.2) is 0 Å². The molecule has 15 rings (SSSR count). The van der Waals surface area contributed by atoms with Crippen LogP contribution >= 0.6 is 0 Å². The van der Waals surface area contributed by atoms with Gasteiger partial charge in [0.25, 0.3) is 6.71 Å². The Morgan fingerprint density at radius 1 is 0.341 bits per heavy atom. The molecule has 420 valence electrons. The molecule has 1 saturated carbocycles. The first-order valence-electron chi connectivity index (χ1n) is 32.0. The molecule has 3 aliphatic heterocycles. The lowest BCUT2D eigenvalue weighted by Gasteiger charge is -2.51. The van der Waals surface area contributed by atoms with Crippen LogP contribution in [0.2, 0.25) is 0 Å². The maximum atomic E-state index is 2.87. The Kier molecular flexibility index (Phi) is 10.6. The minimum Gasteiger partial charge on any atom is -0.334 e. The van der Waals surface area contributed by atoms with Gasteiger partial charge in [-0.3, -0.25) is 0 Å². The van der Waals surface area contributed by atoms with E-state index < -0.39 is 0 Å². The van der Waals surface area contributed by atoms with E-state index in [0.29, 0.717) is 0 Å². The van der Waals surface area contributed by atoms with Crippen molar-refractivity contribution in [3.63, 3.8) is 0 Å². The number of hydrogen-bond acceptors (Lipinski definition) is 3. The molecule has 0 radical (unpaired) electrons. The Morgan fingerprint density at radius 2 is 0.829 bits per heavy atom. The van der Waals surface area contributed by atoms with Gasteiger partial charge in [-0.25, -0.2) is 0 Å². The van der Waals surface area contributed by atoms with E-state index in [2.05, 4.69) is 248 Å². The zero-order valence-electron chi connectivity index (χ0n) is 53.0. The van der Waals surface area contributed by atoms with Crippen LogP contribution in [0.1, 0.15) is 231 Å². The first-order valence-corrected chi connectivity index (χ1v) is 32.0. The fourth-order valence-electron chi connectivity index (χ4n) is 18.7. The standard InChI is InChI=1S/C78H90BN3/c1-47-38-56-59(74(10,11)36-34-71(56,4)5)45-64(47)81-66-44-55-51(50-24-18-19-25-52(50)76(55,14)15)42-61(66)79-62-43-58-60(75(12,13)37-35-73(58,8)9)46-65(62)80(48-28-29-53-57(39-48)72(6,7)33-32-70(53,2)3)67-40-49(41-68(81)69(67)79)82-63-27-21-20-26-54(63)77(16)30-22-23-31-78(77,82)17/h18-21,24-29,38-46H,22-23,30-37H2,1-17H3. The number of hydrogen-bond donors (Lipinski definition) is 0. The highest BCUT2D eigenvalue weighted by molar-refractivity contribution is 7.00. The molecular weight excluding hydrogens is 990 g/mol. The highest BCUT2D eigenvalue weighted by Gasteiger charge is 2.59. The summed E-state index contributed by atoms with van der Waals surface area (Å²) in [6.45, 7) is 42.7. The van der Waals surface area contributed by atoms with E-state index in [4.69, 9.17) is 0 Å². The zero-order chi connectivity index (χ0) is 57.6. The number of anilines is 8. The molecule has 0 amide bonds. The van der Waals surface area contributed by atoms with Gasteiger partial charge in [-0.1, -0.05) is 183 Å². The van der Waals surface area contributed by atoms with Crippen LogP contribution < -0.4 is 31.1 Å². The van der Waals surface area contributed by atoms with Crippen molar-refractivity contribution in [1.29, 1.82) is 0 Å². The van der Waals surface area contributed by atoms with Crippen molar-refractivity contribution in [1.82, 2.24) is 0 Å². The van der Waals surface area contributed by atoms with Crippen molar-refractivity contribution in [3.8, 4) is 11.1 Å². The average molecular weight is 1080 g/mol. The molecule has 3 heterocycles. The van der Waals surface area contributed by atoms with E-state index in [1.165, 1.54) is 186 Å². The summed E-state index contributed by atoms with van der Waals surface area (Å²) in [5.74, 6) is 0. The second kappa shape index (κ2) is 16.5. The zero-order valence-corrected chi connectivity index (χ0v) is 53.0. The lowest BCUT2D eigenvalue weighted by molar-refractivity contribution is 0.195. The summed E-state index contributed by atoms with van der Waals surface area (Å²) < 4.78 is 0. The quantitative estimate of drug-likeness (QED) is 0.163. The van der Waals surface area contributed by atoms with E-state index in [9.17, 15) is 0 Å². The van der Waals surface area contributed by atoms with Gasteiger partial charge in [-0.15, -0.1) is 0 Å². The summed E-state index contributed by atoms with van der Waals surface area (Å²) in [4.78, 5) is 8.52. The lowest BCUT2D eigenvalue weighted by atomic mass is 9.33. The fraction of sp³-hybridized carbons (Fsp3) is 0.462. The van der Waals surface area contributed by atoms with Crippen molar-refractivity contribution in [2.24, 2.45) is 0 Å². The number of fused-ring (bicyclic) bond motifs is 13. The molecule has 0 saturated heterocycles. The average Bonchev–Trinajstić information content (AvgIpc) is 1.76. The van der Waals surface area contributed by atoms with Crippen LogP contribution in [0.5, 0.6) is 0 Å². The first kappa shape index (κ1) is 52.8. The van der Waals surface area contributed by atoms with Gasteiger partial charge in [-0.2, -0.15) is 0 Å². The summed E-state index contributed by atoms with van der Waals surface area (Å²) in [6, 6.07) is 48.3. The van der Waals surface area contributed by atoms with Crippen LogP contribution in [0.25, 0.3) is 11.1 Å². The molecule has 8 aliphatic rings. The molecule has 0 bridgehead atoms. The molecule has 1 fully saturated rings. The second-order valence-corrected chi connectivity index (χ2v) is 32.5. The summed E-state index contributed by atoms with van der Waals surface area (Å²) in [7, 11) is 0. The largest absolute Gasteiger partial charge is 0.334 e. The highest BCUT2D eigenvalue weighted by atomic mass is 15.3. The highest BCUT2D eigenvalue weighted by Crippen LogP contribution is 2.63. The number of benzene rings is 7. The van der Waals surface area contributed by atoms with Crippen molar-refractivity contribution in [3.05, 3.63) is 171 Å². The second-order valence-electron chi connectivity index (χ2n) is 32.5. The summed E-state index contributed by atoms with van der Waals surface area (Å²) in [5.41, 5.74) is 32.5. The topological polar surface area (TPSA) is 9.72 Å². The van der Waals surface area contributed by atoms with Gasteiger partial charge < -0.3 is 14.7 Å². The molecule has 3 nitrogen and oxygen atoms in total. The minimum absolute atomic E-state index is 0.000968. The van der Waals surface area contributed by atoms with E-state index in [-0.39, 0.29) is 55.6 Å². The Balaban J connectivity index is 1.12. The van der Waals surface area contributed by atoms with Gasteiger partial charge in [0.1, 0.15) is 0 Å². The molecule has 5 aliphatic carbocycles. The van der Waals surface area contributed by atoms with Gasteiger partial charge >= 0.3 is 0 Å². The van der Waals surface area contributed by atoms with Crippen molar-refractivity contribution in [2.75, 3.05) is 14.7 Å². The molecule has 0 spiro atoms. The van der Waals surface area contributed by atoms with Gasteiger partial charge in [0.2, 0.25) is 0 Å².